The highest BCUT2D eigenvalue weighted by Crippen LogP contribution is 2.41. The Bertz CT molecular complexity index is 389. The minimum atomic E-state index is -0.0755. The van der Waals surface area contributed by atoms with Gasteiger partial charge in [-0.3, -0.25) is 0 Å². The van der Waals surface area contributed by atoms with E-state index >= 15 is 0 Å². The summed E-state index contributed by atoms with van der Waals surface area (Å²) in [4.78, 5) is 11.3. The Morgan fingerprint density at radius 3 is 2.71 bits per heavy atom. The first kappa shape index (κ1) is 11.8. The third kappa shape index (κ3) is 2.90. The summed E-state index contributed by atoms with van der Waals surface area (Å²) < 4.78 is 5.11. The third-order valence-electron chi connectivity index (χ3n) is 2.99. The van der Waals surface area contributed by atoms with Crippen molar-refractivity contribution in [2.45, 2.75) is 25.3 Å². The van der Waals surface area contributed by atoms with Crippen LogP contribution in [0, 0.1) is 0 Å². The lowest BCUT2D eigenvalue weighted by Gasteiger charge is -2.06. The van der Waals surface area contributed by atoms with E-state index in [1.165, 1.54) is 5.56 Å². The van der Waals surface area contributed by atoms with Gasteiger partial charge in [0.05, 0.1) is 7.11 Å². The third-order valence-corrected chi connectivity index (χ3v) is 2.99. The van der Waals surface area contributed by atoms with Crippen LogP contribution in [0.25, 0.3) is 0 Å². The maximum absolute atomic E-state index is 11.3. The Balaban J connectivity index is 1.87. The summed E-state index contributed by atoms with van der Waals surface area (Å²) in [6, 6.07) is 8.22. The maximum Gasteiger partial charge on any atom is 0.315 e. The molecule has 0 heterocycles. The fourth-order valence-electron chi connectivity index (χ4n) is 1.95. The van der Waals surface area contributed by atoms with Gasteiger partial charge in [-0.25, -0.2) is 4.79 Å². The van der Waals surface area contributed by atoms with Crippen molar-refractivity contribution in [3.05, 3.63) is 29.8 Å². The van der Waals surface area contributed by atoms with E-state index in [4.69, 9.17) is 4.74 Å². The second-order valence-corrected chi connectivity index (χ2v) is 4.23. The van der Waals surface area contributed by atoms with Crippen molar-refractivity contribution in [2.75, 3.05) is 13.7 Å². The lowest BCUT2D eigenvalue weighted by molar-refractivity contribution is 0.241. The van der Waals surface area contributed by atoms with Crippen LogP contribution >= 0.6 is 0 Å². The first-order chi connectivity index (χ1) is 8.24. The molecule has 0 spiro atoms. The Morgan fingerprint density at radius 1 is 1.41 bits per heavy atom. The topological polar surface area (TPSA) is 50.4 Å². The average molecular weight is 234 g/mol. The molecule has 1 aromatic rings. The molecule has 1 fully saturated rings. The smallest absolute Gasteiger partial charge is 0.315 e. The van der Waals surface area contributed by atoms with Crippen LogP contribution in [0.15, 0.2) is 24.3 Å². The van der Waals surface area contributed by atoms with Crippen molar-refractivity contribution in [2.24, 2.45) is 0 Å². The van der Waals surface area contributed by atoms with Crippen LogP contribution in [0.5, 0.6) is 5.75 Å². The summed E-state index contributed by atoms with van der Waals surface area (Å²) in [5, 5.41) is 5.69. The molecule has 1 aromatic carbocycles. The molecule has 1 aliphatic rings. The summed E-state index contributed by atoms with van der Waals surface area (Å²) in [7, 11) is 1.66. The molecular weight excluding hydrogens is 216 g/mol. The Labute approximate surface area is 101 Å². The molecular formula is C13H18N2O2. The predicted molar refractivity (Wildman–Crippen MR) is 66.3 cm³/mol. The second-order valence-electron chi connectivity index (χ2n) is 4.23. The molecule has 1 aliphatic carbocycles. The number of hydrogen-bond donors (Lipinski definition) is 2. The minimum Gasteiger partial charge on any atom is -0.497 e. The van der Waals surface area contributed by atoms with Gasteiger partial charge in [0.2, 0.25) is 0 Å². The van der Waals surface area contributed by atoms with E-state index in [0.717, 1.165) is 12.2 Å². The SMILES string of the molecule is CCNC(=O)NC1CC1c1ccc(OC)cc1. The van der Waals surface area contributed by atoms with E-state index in [1.54, 1.807) is 7.11 Å². The molecule has 4 heteroatoms. The molecule has 0 bridgehead atoms. The molecule has 2 amide bonds. The van der Waals surface area contributed by atoms with E-state index in [-0.39, 0.29) is 12.1 Å². The molecule has 2 rings (SSSR count). The zero-order chi connectivity index (χ0) is 12.3. The summed E-state index contributed by atoms with van der Waals surface area (Å²) in [6.45, 7) is 2.57. The predicted octanol–water partition coefficient (Wildman–Crippen LogP) is 1.87. The van der Waals surface area contributed by atoms with E-state index < -0.39 is 0 Å². The van der Waals surface area contributed by atoms with Crippen LogP contribution in [-0.4, -0.2) is 25.7 Å². The van der Waals surface area contributed by atoms with Gasteiger partial charge < -0.3 is 15.4 Å². The van der Waals surface area contributed by atoms with Gasteiger partial charge in [0, 0.05) is 18.5 Å². The van der Waals surface area contributed by atoms with Crippen LogP contribution in [0.1, 0.15) is 24.8 Å². The molecule has 2 N–H and O–H groups in total. The average Bonchev–Trinajstić information content (AvgIpc) is 3.09. The summed E-state index contributed by atoms with van der Waals surface area (Å²) in [5.74, 6) is 1.31. The highest BCUT2D eigenvalue weighted by atomic mass is 16.5. The quantitative estimate of drug-likeness (QED) is 0.835. The minimum absolute atomic E-state index is 0.0755. The van der Waals surface area contributed by atoms with Gasteiger partial charge >= 0.3 is 6.03 Å². The van der Waals surface area contributed by atoms with Crippen molar-refractivity contribution >= 4 is 6.03 Å². The molecule has 0 aliphatic heterocycles. The van der Waals surface area contributed by atoms with Gasteiger partial charge in [-0.2, -0.15) is 0 Å². The fraction of sp³-hybridized carbons (Fsp3) is 0.462. The standard InChI is InChI=1S/C13H18N2O2/c1-3-14-13(16)15-12-8-11(12)9-4-6-10(17-2)7-5-9/h4-7,11-12H,3,8H2,1-2H3,(H2,14,15,16). The molecule has 1 saturated carbocycles. The highest BCUT2D eigenvalue weighted by Gasteiger charge is 2.39. The summed E-state index contributed by atoms with van der Waals surface area (Å²) in [6.07, 6.45) is 1.02. The molecule has 17 heavy (non-hydrogen) atoms. The highest BCUT2D eigenvalue weighted by molar-refractivity contribution is 5.74. The number of amides is 2. The van der Waals surface area contributed by atoms with E-state index in [2.05, 4.69) is 22.8 Å². The maximum atomic E-state index is 11.3. The number of hydrogen-bond acceptors (Lipinski definition) is 2. The van der Waals surface area contributed by atoms with Gasteiger partial charge in [0.1, 0.15) is 5.75 Å². The molecule has 92 valence electrons. The number of carbonyl (C=O) groups excluding carboxylic acids is 1. The number of carbonyl (C=O) groups is 1. The number of rotatable bonds is 4. The molecule has 2 unspecified atom stereocenters. The van der Waals surface area contributed by atoms with Crippen LogP contribution in [0.2, 0.25) is 0 Å². The Kier molecular flexibility index (Phi) is 3.52. The van der Waals surface area contributed by atoms with Gasteiger partial charge in [-0.15, -0.1) is 0 Å². The molecule has 0 saturated heterocycles. The number of urea groups is 1. The van der Waals surface area contributed by atoms with Crippen LogP contribution in [-0.2, 0) is 0 Å². The monoisotopic (exact) mass is 234 g/mol. The first-order valence-corrected chi connectivity index (χ1v) is 5.93. The zero-order valence-corrected chi connectivity index (χ0v) is 10.2. The fourth-order valence-corrected chi connectivity index (χ4v) is 1.95. The van der Waals surface area contributed by atoms with Crippen LogP contribution in [0.3, 0.4) is 0 Å². The Morgan fingerprint density at radius 2 is 2.12 bits per heavy atom. The molecule has 0 aromatic heterocycles. The zero-order valence-electron chi connectivity index (χ0n) is 10.2. The van der Waals surface area contributed by atoms with Gasteiger partial charge in [0.15, 0.2) is 0 Å². The van der Waals surface area contributed by atoms with Crippen LogP contribution in [0.4, 0.5) is 4.79 Å². The van der Waals surface area contributed by atoms with Crippen LogP contribution < -0.4 is 15.4 Å². The number of methoxy groups -OCH3 is 1. The van der Waals surface area contributed by atoms with Crippen molar-refractivity contribution in [1.82, 2.24) is 10.6 Å². The van der Waals surface area contributed by atoms with Crippen molar-refractivity contribution < 1.29 is 9.53 Å². The van der Waals surface area contributed by atoms with E-state index in [0.29, 0.717) is 12.5 Å². The van der Waals surface area contributed by atoms with Gasteiger partial charge in [0.25, 0.3) is 0 Å². The number of benzene rings is 1. The second kappa shape index (κ2) is 5.08. The first-order valence-electron chi connectivity index (χ1n) is 5.93. The normalized spacial score (nSPS) is 21.8. The Hall–Kier alpha value is -1.71. The number of ether oxygens (including phenoxy) is 1. The number of nitrogens with one attached hydrogen (secondary N) is 2. The lowest BCUT2D eigenvalue weighted by atomic mass is 10.1. The summed E-state index contributed by atoms with van der Waals surface area (Å²) >= 11 is 0. The van der Waals surface area contributed by atoms with E-state index in [9.17, 15) is 4.79 Å². The molecule has 0 radical (unpaired) electrons. The summed E-state index contributed by atoms with van der Waals surface area (Å²) in [5.41, 5.74) is 1.26. The molecule has 2 atom stereocenters. The van der Waals surface area contributed by atoms with Gasteiger partial charge in [-0.1, -0.05) is 12.1 Å². The largest absolute Gasteiger partial charge is 0.497 e. The van der Waals surface area contributed by atoms with Crippen molar-refractivity contribution in [3.63, 3.8) is 0 Å². The lowest BCUT2D eigenvalue weighted by Crippen LogP contribution is -2.37. The van der Waals surface area contributed by atoms with E-state index in [1.807, 2.05) is 19.1 Å². The van der Waals surface area contributed by atoms with Crippen molar-refractivity contribution in [3.8, 4) is 5.75 Å². The van der Waals surface area contributed by atoms with Crippen molar-refractivity contribution in [1.29, 1.82) is 0 Å². The van der Waals surface area contributed by atoms with Gasteiger partial charge in [-0.05, 0) is 31.0 Å². The molecule has 4 nitrogen and oxygen atoms in total.